The molecule has 2 aromatic rings. The molecule has 0 atom stereocenters. The molecule has 14 heavy (non-hydrogen) atoms. The van der Waals surface area contributed by atoms with Gasteiger partial charge >= 0.3 is 0 Å². The number of aromatic amines is 1. The maximum atomic E-state index is 13.5. The molecule has 0 aliphatic rings. The van der Waals surface area contributed by atoms with Crippen LogP contribution in [0.1, 0.15) is 0 Å². The molecule has 0 aliphatic carbocycles. The molecule has 0 radical (unpaired) electrons. The highest BCUT2D eigenvalue weighted by Crippen LogP contribution is 2.25. The number of hydrogen-bond acceptors (Lipinski definition) is 2. The highest BCUT2D eigenvalue weighted by atomic mass is 35.7. The number of nitrogens with one attached hydrogen (secondary N) is 1. The minimum Gasteiger partial charge on any atom is -0.361 e. The zero-order valence-electron chi connectivity index (χ0n) is 6.79. The molecule has 74 valence electrons. The average Bonchev–Trinajstić information content (AvgIpc) is 2.50. The summed E-state index contributed by atoms with van der Waals surface area (Å²) in [5.41, 5.74) is 0.534. The van der Waals surface area contributed by atoms with Crippen LogP contribution in [0.4, 0.5) is 4.39 Å². The first kappa shape index (κ1) is 9.48. The predicted octanol–water partition coefficient (Wildman–Crippen LogP) is 2.23. The maximum absolute atomic E-state index is 13.5. The van der Waals surface area contributed by atoms with Crippen LogP contribution < -0.4 is 0 Å². The van der Waals surface area contributed by atoms with Gasteiger partial charge in [-0.1, -0.05) is 0 Å². The summed E-state index contributed by atoms with van der Waals surface area (Å²) in [7, 11) is 1.03. The second-order valence-electron chi connectivity index (χ2n) is 2.75. The van der Waals surface area contributed by atoms with Gasteiger partial charge in [-0.25, -0.2) is 12.8 Å². The quantitative estimate of drug-likeness (QED) is 0.768. The Labute approximate surface area is 83.9 Å². The molecular formula is C8H5ClFNO2S. The molecule has 1 aromatic carbocycles. The zero-order chi connectivity index (χ0) is 10.3. The van der Waals surface area contributed by atoms with Crippen molar-refractivity contribution in [1.82, 2.24) is 4.98 Å². The lowest BCUT2D eigenvalue weighted by Gasteiger charge is -1.99. The van der Waals surface area contributed by atoms with Gasteiger partial charge in [0.2, 0.25) is 0 Å². The van der Waals surface area contributed by atoms with E-state index in [9.17, 15) is 12.8 Å². The Morgan fingerprint density at radius 1 is 1.29 bits per heavy atom. The first-order chi connectivity index (χ1) is 6.50. The molecule has 0 amide bonds. The first-order valence-electron chi connectivity index (χ1n) is 3.70. The van der Waals surface area contributed by atoms with Crippen molar-refractivity contribution in [2.24, 2.45) is 0 Å². The molecular weight excluding hydrogens is 229 g/mol. The number of benzene rings is 1. The van der Waals surface area contributed by atoms with Gasteiger partial charge < -0.3 is 4.98 Å². The molecule has 0 saturated carbocycles. The number of halogens is 2. The maximum Gasteiger partial charge on any atom is 0.264 e. The van der Waals surface area contributed by atoms with Crippen LogP contribution in [0.2, 0.25) is 0 Å². The monoisotopic (exact) mass is 233 g/mol. The third-order valence-electron chi connectivity index (χ3n) is 1.90. The van der Waals surface area contributed by atoms with E-state index in [0.717, 1.165) is 6.07 Å². The molecule has 2 rings (SSSR count). The van der Waals surface area contributed by atoms with E-state index >= 15 is 0 Å². The minimum atomic E-state index is -4.02. The molecule has 0 unspecified atom stereocenters. The molecule has 1 aromatic heterocycles. The summed E-state index contributed by atoms with van der Waals surface area (Å²) in [6.45, 7) is 0. The molecule has 1 N–H and O–H groups in total. The summed E-state index contributed by atoms with van der Waals surface area (Å²) < 4.78 is 35.4. The topological polar surface area (TPSA) is 49.9 Å². The summed E-state index contributed by atoms with van der Waals surface area (Å²) >= 11 is 0. The summed E-state index contributed by atoms with van der Waals surface area (Å²) in [4.78, 5) is 2.27. The first-order valence-corrected chi connectivity index (χ1v) is 6.01. The van der Waals surface area contributed by atoms with E-state index in [1.54, 1.807) is 0 Å². The fraction of sp³-hybridized carbons (Fsp3) is 0. The number of hydrogen-bond donors (Lipinski definition) is 1. The molecule has 0 saturated heterocycles. The Bertz CT molecular complexity index is 590. The number of rotatable bonds is 1. The van der Waals surface area contributed by atoms with Crippen LogP contribution in [0, 0.1) is 5.82 Å². The molecule has 0 aliphatic heterocycles. The van der Waals surface area contributed by atoms with Gasteiger partial charge in [-0.15, -0.1) is 0 Å². The van der Waals surface area contributed by atoms with Gasteiger partial charge in [0.05, 0.1) is 0 Å². The van der Waals surface area contributed by atoms with Crippen molar-refractivity contribution < 1.29 is 12.8 Å². The van der Waals surface area contributed by atoms with Gasteiger partial charge in [-0.05, 0) is 18.2 Å². The van der Waals surface area contributed by atoms with Gasteiger partial charge in [0, 0.05) is 27.8 Å². The number of H-pyrrole nitrogens is 1. The summed E-state index contributed by atoms with van der Waals surface area (Å²) in [5.74, 6) is -0.821. The van der Waals surface area contributed by atoms with Crippen molar-refractivity contribution in [3.8, 4) is 0 Å². The largest absolute Gasteiger partial charge is 0.361 e. The van der Waals surface area contributed by atoms with Crippen LogP contribution in [0.25, 0.3) is 10.9 Å². The summed E-state index contributed by atoms with van der Waals surface area (Å²) in [5, 5.41) is 0.215. The van der Waals surface area contributed by atoms with Crippen molar-refractivity contribution in [1.29, 1.82) is 0 Å². The highest BCUT2D eigenvalue weighted by molar-refractivity contribution is 8.13. The van der Waals surface area contributed by atoms with Gasteiger partial charge in [-0.2, -0.15) is 0 Å². The van der Waals surface area contributed by atoms with Crippen molar-refractivity contribution in [2.75, 3.05) is 0 Å². The standard InChI is InChI=1S/C8H5ClFNO2S/c9-14(12,13)7-2-1-6-5(8(7)10)3-4-11-6/h1-4,11H. The van der Waals surface area contributed by atoms with Crippen LogP contribution in [-0.4, -0.2) is 13.4 Å². The zero-order valence-corrected chi connectivity index (χ0v) is 8.36. The number of fused-ring (bicyclic) bond motifs is 1. The Kier molecular flexibility index (Phi) is 2.01. The van der Waals surface area contributed by atoms with Gasteiger partial charge in [-0.3, -0.25) is 0 Å². The lowest BCUT2D eigenvalue weighted by Crippen LogP contribution is -1.95. The minimum absolute atomic E-state index is 0.215. The fourth-order valence-electron chi connectivity index (χ4n) is 1.26. The third-order valence-corrected chi connectivity index (χ3v) is 3.24. The molecule has 1 heterocycles. The lowest BCUT2D eigenvalue weighted by molar-refractivity contribution is 0.582. The second-order valence-corrected chi connectivity index (χ2v) is 5.29. The third kappa shape index (κ3) is 1.38. The fourth-order valence-corrected chi connectivity index (χ4v) is 2.18. The Morgan fingerprint density at radius 3 is 2.64 bits per heavy atom. The summed E-state index contributed by atoms with van der Waals surface area (Å²) in [6, 6.07) is 4.06. The van der Waals surface area contributed by atoms with Crippen molar-refractivity contribution >= 4 is 30.6 Å². The van der Waals surface area contributed by atoms with Crippen molar-refractivity contribution in [2.45, 2.75) is 4.90 Å². The van der Waals surface area contributed by atoms with Gasteiger partial charge in [0.15, 0.2) is 5.82 Å². The van der Waals surface area contributed by atoms with E-state index in [0.29, 0.717) is 5.52 Å². The van der Waals surface area contributed by atoms with Crippen LogP contribution in [-0.2, 0) is 9.05 Å². The van der Waals surface area contributed by atoms with E-state index in [1.165, 1.54) is 18.3 Å². The van der Waals surface area contributed by atoms with E-state index < -0.39 is 19.8 Å². The Balaban J connectivity index is 2.88. The van der Waals surface area contributed by atoms with E-state index in [4.69, 9.17) is 10.7 Å². The SMILES string of the molecule is O=S(=O)(Cl)c1ccc2[nH]ccc2c1F. The van der Waals surface area contributed by atoms with Crippen molar-refractivity contribution in [3.63, 3.8) is 0 Å². The van der Waals surface area contributed by atoms with Crippen LogP contribution in [0.15, 0.2) is 29.3 Å². The Hall–Kier alpha value is -1.07. The van der Waals surface area contributed by atoms with E-state index in [2.05, 4.69) is 4.98 Å². The van der Waals surface area contributed by atoms with Crippen LogP contribution in [0.3, 0.4) is 0 Å². The summed E-state index contributed by atoms with van der Waals surface area (Å²) in [6.07, 6.45) is 1.53. The molecule has 0 bridgehead atoms. The highest BCUT2D eigenvalue weighted by Gasteiger charge is 2.18. The molecule has 0 spiro atoms. The Morgan fingerprint density at radius 2 is 2.00 bits per heavy atom. The molecule has 6 heteroatoms. The number of aromatic nitrogens is 1. The average molecular weight is 234 g/mol. The predicted molar refractivity (Wildman–Crippen MR) is 51.3 cm³/mol. The van der Waals surface area contributed by atoms with E-state index in [-0.39, 0.29) is 5.39 Å². The van der Waals surface area contributed by atoms with Gasteiger partial charge in [0.1, 0.15) is 4.90 Å². The lowest BCUT2D eigenvalue weighted by atomic mass is 10.2. The second kappa shape index (κ2) is 2.96. The molecule has 0 fully saturated rings. The smallest absolute Gasteiger partial charge is 0.264 e. The normalized spacial score (nSPS) is 12.1. The van der Waals surface area contributed by atoms with E-state index in [1.807, 2.05) is 0 Å². The van der Waals surface area contributed by atoms with Crippen molar-refractivity contribution in [3.05, 3.63) is 30.2 Å². The van der Waals surface area contributed by atoms with Crippen LogP contribution in [0.5, 0.6) is 0 Å². The molecule has 3 nitrogen and oxygen atoms in total. The van der Waals surface area contributed by atoms with Crippen LogP contribution >= 0.6 is 10.7 Å². The van der Waals surface area contributed by atoms with Gasteiger partial charge in [0.25, 0.3) is 9.05 Å².